The summed E-state index contributed by atoms with van der Waals surface area (Å²) < 4.78 is 10.4. The minimum absolute atomic E-state index is 0.0894. The maximum absolute atomic E-state index is 12.6. The SMILES string of the molecule is CCC(C(=O)NC1(c2ncc(Cl)nc2Cl)COC1)C(=O)OCC(C)C. The summed E-state index contributed by atoms with van der Waals surface area (Å²) in [5, 5.41) is 3.07. The Morgan fingerprint density at radius 3 is 2.56 bits per heavy atom. The van der Waals surface area contributed by atoms with Crippen LogP contribution in [-0.2, 0) is 24.6 Å². The molecule has 1 aromatic rings. The highest BCUT2D eigenvalue weighted by atomic mass is 35.5. The van der Waals surface area contributed by atoms with Gasteiger partial charge in [-0.25, -0.2) is 4.98 Å². The number of esters is 1. The molecule has 1 unspecified atom stereocenters. The van der Waals surface area contributed by atoms with Gasteiger partial charge >= 0.3 is 5.97 Å². The molecule has 1 aromatic heterocycles. The normalized spacial score (nSPS) is 16.9. The van der Waals surface area contributed by atoms with Gasteiger partial charge in [-0.15, -0.1) is 0 Å². The third kappa shape index (κ3) is 4.59. The van der Waals surface area contributed by atoms with Gasteiger partial charge in [-0.1, -0.05) is 44.0 Å². The molecule has 1 aliphatic heterocycles. The first kappa shape index (κ1) is 19.9. The number of nitrogens with one attached hydrogen (secondary N) is 1. The second-order valence-corrected chi connectivity index (χ2v) is 7.13. The number of nitrogens with zero attached hydrogens (tertiary/aromatic N) is 2. The molecule has 0 radical (unpaired) electrons. The molecule has 2 rings (SSSR count). The molecule has 138 valence electrons. The molecule has 2 heterocycles. The summed E-state index contributed by atoms with van der Waals surface area (Å²) in [6.45, 7) is 6.25. The zero-order valence-electron chi connectivity index (χ0n) is 14.3. The number of hydrogen-bond acceptors (Lipinski definition) is 6. The lowest BCUT2D eigenvalue weighted by Crippen LogP contribution is -2.61. The van der Waals surface area contributed by atoms with E-state index in [-0.39, 0.29) is 36.0 Å². The third-order valence-corrected chi connectivity index (χ3v) is 4.23. The Bertz CT molecular complexity index is 650. The smallest absolute Gasteiger partial charge is 0.318 e. The zero-order valence-corrected chi connectivity index (χ0v) is 15.9. The van der Waals surface area contributed by atoms with Crippen LogP contribution in [0.3, 0.4) is 0 Å². The summed E-state index contributed by atoms with van der Waals surface area (Å²) in [4.78, 5) is 32.9. The average Bonchev–Trinajstić information content (AvgIpc) is 2.50. The summed E-state index contributed by atoms with van der Waals surface area (Å²) in [7, 11) is 0. The molecule has 0 spiro atoms. The number of hydrogen-bond donors (Lipinski definition) is 1. The molecule has 1 N–H and O–H groups in total. The molecule has 0 bridgehead atoms. The van der Waals surface area contributed by atoms with Crippen molar-refractivity contribution in [2.75, 3.05) is 19.8 Å². The van der Waals surface area contributed by atoms with Crippen LogP contribution in [0.1, 0.15) is 32.9 Å². The molecule has 9 heteroatoms. The Hall–Kier alpha value is -1.44. The highest BCUT2D eigenvalue weighted by Gasteiger charge is 2.46. The Morgan fingerprint density at radius 2 is 2.08 bits per heavy atom. The van der Waals surface area contributed by atoms with Crippen LogP contribution in [-0.4, -0.2) is 41.7 Å². The van der Waals surface area contributed by atoms with Crippen molar-refractivity contribution in [1.82, 2.24) is 15.3 Å². The first-order chi connectivity index (χ1) is 11.8. The van der Waals surface area contributed by atoms with Crippen molar-refractivity contribution in [2.45, 2.75) is 32.7 Å². The molecule has 7 nitrogen and oxygen atoms in total. The number of halogens is 2. The van der Waals surface area contributed by atoms with E-state index in [1.54, 1.807) is 6.92 Å². The topological polar surface area (TPSA) is 90.4 Å². The lowest BCUT2D eigenvalue weighted by Gasteiger charge is -2.42. The fourth-order valence-corrected chi connectivity index (χ4v) is 2.87. The van der Waals surface area contributed by atoms with Crippen LogP contribution >= 0.6 is 23.2 Å². The monoisotopic (exact) mass is 389 g/mol. The molecular formula is C16H21Cl2N3O4. The molecular weight excluding hydrogens is 369 g/mol. The number of ether oxygens (including phenoxy) is 2. The van der Waals surface area contributed by atoms with Gasteiger partial charge in [-0.05, 0) is 12.3 Å². The lowest BCUT2D eigenvalue weighted by atomic mass is 9.91. The average molecular weight is 390 g/mol. The summed E-state index contributed by atoms with van der Waals surface area (Å²) in [6, 6.07) is 0. The van der Waals surface area contributed by atoms with Crippen LogP contribution in [0.25, 0.3) is 0 Å². The number of amides is 1. The lowest BCUT2D eigenvalue weighted by molar-refractivity contribution is -0.156. The van der Waals surface area contributed by atoms with Crippen molar-refractivity contribution in [2.24, 2.45) is 11.8 Å². The number of aromatic nitrogens is 2. The molecule has 1 saturated heterocycles. The van der Waals surface area contributed by atoms with Crippen molar-refractivity contribution >= 4 is 35.1 Å². The largest absolute Gasteiger partial charge is 0.465 e. The third-order valence-electron chi connectivity index (χ3n) is 3.78. The Kier molecular flexibility index (Phi) is 6.59. The van der Waals surface area contributed by atoms with E-state index in [2.05, 4.69) is 15.3 Å². The van der Waals surface area contributed by atoms with Gasteiger partial charge in [-0.2, -0.15) is 0 Å². The van der Waals surface area contributed by atoms with Gasteiger partial charge in [0, 0.05) is 0 Å². The van der Waals surface area contributed by atoms with Gasteiger partial charge in [0.05, 0.1) is 26.0 Å². The number of carbonyl (C=O) groups excluding carboxylic acids is 2. The van der Waals surface area contributed by atoms with E-state index in [9.17, 15) is 9.59 Å². The molecule has 1 atom stereocenters. The number of carbonyl (C=O) groups is 2. The maximum atomic E-state index is 12.6. The molecule has 0 aliphatic carbocycles. The minimum Gasteiger partial charge on any atom is -0.465 e. The molecule has 0 aromatic carbocycles. The first-order valence-corrected chi connectivity index (χ1v) is 8.79. The van der Waals surface area contributed by atoms with Crippen molar-refractivity contribution < 1.29 is 19.1 Å². The van der Waals surface area contributed by atoms with Crippen molar-refractivity contribution in [3.8, 4) is 0 Å². The van der Waals surface area contributed by atoms with Crippen molar-refractivity contribution in [1.29, 1.82) is 0 Å². The fourth-order valence-electron chi connectivity index (χ4n) is 2.37. The van der Waals surface area contributed by atoms with Crippen molar-refractivity contribution in [3.63, 3.8) is 0 Å². The standard InChI is InChI=1S/C16H21Cl2N3O4/c1-4-10(15(23)25-6-9(2)3)14(22)21-16(7-24-8-16)12-13(18)20-11(17)5-19-12/h5,9-10H,4,6-8H2,1-3H3,(H,21,22). The van der Waals surface area contributed by atoms with Gasteiger partial charge in [0.25, 0.3) is 0 Å². The van der Waals surface area contributed by atoms with Gasteiger partial charge in [0.15, 0.2) is 5.15 Å². The number of rotatable bonds is 7. The molecule has 1 fully saturated rings. The summed E-state index contributed by atoms with van der Waals surface area (Å²) >= 11 is 11.9. The molecule has 1 aliphatic rings. The summed E-state index contributed by atoms with van der Waals surface area (Å²) in [6.07, 6.45) is 1.67. The van der Waals surface area contributed by atoms with Crippen LogP contribution in [0.4, 0.5) is 0 Å². The van der Waals surface area contributed by atoms with E-state index < -0.39 is 23.3 Å². The van der Waals surface area contributed by atoms with Gasteiger partial charge in [0.2, 0.25) is 5.91 Å². The fraction of sp³-hybridized carbons (Fsp3) is 0.625. The Morgan fingerprint density at radius 1 is 1.40 bits per heavy atom. The predicted molar refractivity (Wildman–Crippen MR) is 92.3 cm³/mol. The highest BCUT2D eigenvalue weighted by molar-refractivity contribution is 6.32. The quantitative estimate of drug-likeness (QED) is 0.568. The van der Waals surface area contributed by atoms with E-state index >= 15 is 0 Å². The van der Waals surface area contributed by atoms with Crippen LogP contribution in [0, 0.1) is 11.8 Å². The minimum atomic E-state index is -0.919. The van der Waals surface area contributed by atoms with Crippen LogP contribution in [0.5, 0.6) is 0 Å². The van der Waals surface area contributed by atoms with E-state index in [1.165, 1.54) is 6.20 Å². The van der Waals surface area contributed by atoms with Gasteiger partial charge in [0.1, 0.15) is 22.3 Å². The second kappa shape index (κ2) is 8.29. The summed E-state index contributed by atoms with van der Waals surface area (Å²) in [5.41, 5.74) is -0.555. The predicted octanol–water partition coefficient (Wildman–Crippen LogP) is 2.35. The Labute approximate surface area is 156 Å². The molecule has 1 amide bonds. The van der Waals surface area contributed by atoms with E-state index in [4.69, 9.17) is 32.7 Å². The van der Waals surface area contributed by atoms with Gasteiger partial charge in [-0.3, -0.25) is 14.6 Å². The molecule has 25 heavy (non-hydrogen) atoms. The Balaban J connectivity index is 2.14. The van der Waals surface area contributed by atoms with E-state index in [0.717, 1.165) is 0 Å². The van der Waals surface area contributed by atoms with Crippen LogP contribution < -0.4 is 5.32 Å². The molecule has 0 saturated carbocycles. The van der Waals surface area contributed by atoms with Crippen LogP contribution in [0.15, 0.2) is 6.20 Å². The second-order valence-electron chi connectivity index (χ2n) is 6.38. The van der Waals surface area contributed by atoms with Crippen molar-refractivity contribution in [3.05, 3.63) is 22.2 Å². The van der Waals surface area contributed by atoms with Crippen LogP contribution in [0.2, 0.25) is 10.3 Å². The summed E-state index contributed by atoms with van der Waals surface area (Å²) in [5.74, 6) is -1.71. The van der Waals surface area contributed by atoms with E-state index in [1.807, 2.05) is 13.8 Å². The highest BCUT2D eigenvalue weighted by Crippen LogP contribution is 2.33. The van der Waals surface area contributed by atoms with Gasteiger partial charge < -0.3 is 14.8 Å². The first-order valence-electron chi connectivity index (χ1n) is 8.04. The maximum Gasteiger partial charge on any atom is 0.318 e. The van der Waals surface area contributed by atoms with E-state index in [0.29, 0.717) is 12.1 Å². The zero-order chi connectivity index (χ0) is 18.6.